The molecular weight excluding hydrogens is 604 g/mol. The van der Waals surface area contributed by atoms with E-state index in [4.69, 9.17) is 9.47 Å². The third-order valence-electron chi connectivity index (χ3n) is 8.46. The van der Waals surface area contributed by atoms with E-state index in [1.807, 2.05) is 11.0 Å². The van der Waals surface area contributed by atoms with Gasteiger partial charge in [-0.15, -0.1) is 0 Å². The highest BCUT2D eigenvalue weighted by molar-refractivity contribution is 6.00. The van der Waals surface area contributed by atoms with E-state index in [0.717, 1.165) is 12.6 Å². The predicted octanol–water partition coefficient (Wildman–Crippen LogP) is 2.75. The van der Waals surface area contributed by atoms with E-state index in [-0.39, 0.29) is 34.6 Å². The molecule has 2 bridgehead atoms. The van der Waals surface area contributed by atoms with Crippen molar-refractivity contribution in [3.8, 4) is 0 Å². The van der Waals surface area contributed by atoms with Gasteiger partial charge < -0.3 is 29.5 Å². The number of morpholine rings is 1. The quantitative estimate of drug-likeness (QED) is 0.427. The zero-order chi connectivity index (χ0) is 32.2. The average molecular weight is 638 g/mol. The maximum absolute atomic E-state index is 14.9. The maximum Gasteiger partial charge on any atom is 0.410 e. The van der Waals surface area contributed by atoms with Gasteiger partial charge in [-0.05, 0) is 33.3 Å². The minimum absolute atomic E-state index is 0.0435. The molecule has 4 aliphatic rings. The van der Waals surface area contributed by atoms with Crippen LogP contribution < -0.4 is 15.1 Å². The fourth-order valence-electron chi connectivity index (χ4n) is 6.10. The van der Waals surface area contributed by atoms with Gasteiger partial charge in [-0.25, -0.2) is 33.0 Å². The van der Waals surface area contributed by atoms with Gasteiger partial charge in [0.05, 0.1) is 36.8 Å². The Morgan fingerprint density at radius 3 is 2.54 bits per heavy atom. The van der Waals surface area contributed by atoms with Crippen molar-refractivity contribution in [2.24, 2.45) is 10.2 Å². The molecule has 0 spiro atoms. The first-order valence-electron chi connectivity index (χ1n) is 15.0. The van der Waals surface area contributed by atoms with Gasteiger partial charge in [-0.2, -0.15) is 15.3 Å². The van der Waals surface area contributed by atoms with Crippen molar-refractivity contribution in [1.82, 2.24) is 34.8 Å². The Balaban J connectivity index is 1.06. The molecule has 46 heavy (non-hydrogen) atoms. The third-order valence-corrected chi connectivity index (χ3v) is 8.46. The largest absolute Gasteiger partial charge is 0.444 e. The van der Waals surface area contributed by atoms with E-state index in [1.165, 1.54) is 23.1 Å². The van der Waals surface area contributed by atoms with Crippen LogP contribution in [-0.2, 0) is 15.0 Å². The fraction of sp³-hybridized carbons (Fsp3) is 0.517. The van der Waals surface area contributed by atoms with Crippen molar-refractivity contribution in [3.05, 3.63) is 53.9 Å². The van der Waals surface area contributed by atoms with Crippen LogP contribution >= 0.6 is 0 Å². The first-order valence-corrected chi connectivity index (χ1v) is 15.0. The summed E-state index contributed by atoms with van der Waals surface area (Å²) in [6.07, 6.45) is 4.27. The SMILES string of the molecule is CC(C)(C)OC(=O)N1CCN(c2ncc(C3(C(F)F)N=NC=C3NC(=O)c3cnn4ccc(N5C[C@H]6C[C@@H]5CO6)nc34)cn2)CC1. The number of rotatable bonds is 6. The first-order chi connectivity index (χ1) is 22.0. The number of piperazine rings is 1. The van der Waals surface area contributed by atoms with Crippen LogP contribution in [0.3, 0.4) is 0 Å². The fourth-order valence-corrected chi connectivity index (χ4v) is 6.10. The summed E-state index contributed by atoms with van der Waals surface area (Å²) < 4.78 is 42.3. The molecule has 1 unspecified atom stereocenters. The lowest BCUT2D eigenvalue weighted by molar-refractivity contribution is 0.0240. The van der Waals surface area contributed by atoms with Crippen LogP contribution in [0.25, 0.3) is 5.65 Å². The number of hydrogen-bond donors (Lipinski definition) is 1. The normalized spacial score (nSPS) is 24.3. The lowest BCUT2D eigenvalue weighted by Gasteiger charge is -2.35. The molecule has 2 amide bonds. The van der Waals surface area contributed by atoms with Crippen molar-refractivity contribution in [1.29, 1.82) is 0 Å². The Labute approximate surface area is 262 Å². The predicted molar refractivity (Wildman–Crippen MR) is 159 cm³/mol. The minimum atomic E-state index is -3.08. The molecule has 15 nitrogen and oxygen atoms in total. The number of nitrogens with zero attached hydrogens (tertiary/aromatic N) is 10. The topological polar surface area (TPSA) is 155 Å². The zero-order valence-electron chi connectivity index (χ0n) is 25.5. The summed E-state index contributed by atoms with van der Waals surface area (Å²) >= 11 is 0. The number of halogens is 2. The lowest BCUT2D eigenvalue weighted by Crippen LogP contribution is -2.50. The number of hydrogen-bond acceptors (Lipinski definition) is 12. The van der Waals surface area contributed by atoms with E-state index in [1.54, 1.807) is 31.9 Å². The van der Waals surface area contributed by atoms with Crippen LogP contribution in [-0.4, -0.2) is 105 Å². The number of carbonyl (C=O) groups excluding carboxylic acids is 2. The van der Waals surface area contributed by atoms with Gasteiger partial charge in [0.15, 0.2) is 5.65 Å². The standard InChI is InChI=1S/C29H33F2N11O4/c1-28(2,3)46-27(44)40-8-6-39(7-9-40)26-32-11-17(12-33-26)29(25(30)31)21(14-34-38-29)36-24(43)20-13-35-42-5-4-22(37-23(20)42)41-15-19-10-18(41)16-45-19/h4-5,11-14,18-19,25H,6-10,15-16H2,1-3H3,(H,36,43)/t18-,19-,29?/m1/s1. The zero-order valence-corrected chi connectivity index (χ0v) is 25.5. The van der Waals surface area contributed by atoms with E-state index >= 15 is 0 Å². The molecule has 7 heterocycles. The second kappa shape index (κ2) is 11.2. The summed E-state index contributed by atoms with van der Waals surface area (Å²) in [7, 11) is 0. The van der Waals surface area contributed by atoms with Gasteiger partial charge in [-0.1, -0.05) is 0 Å². The summed E-state index contributed by atoms with van der Waals surface area (Å²) in [5.74, 6) is 0.316. The van der Waals surface area contributed by atoms with Crippen LogP contribution in [0.1, 0.15) is 43.1 Å². The molecule has 0 aromatic carbocycles. The van der Waals surface area contributed by atoms with E-state index in [0.29, 0.717) is 51.1 Å². The molecule has 4 aliphatic heterocycles. The number of azo groups is 1. The Kier molecular flexibility index (Phi) is 7.29. The Hall–Kier alpha value is -4.80. The highest BCUT2D eigenvalue weighted by Gasteiger charge is 2.50. The Morgan fingerprint density at radius 2 is 1.89 bits per heavy atom. The molecule has 0 saturated carbocycles. The van der Waals surface area contributed by atoms with Crippen LogP contribution in [0.5, 0.6) is 0 Å². The molecule has 3 aromatic rings. The second-order valence-corrected chi connectivity index (χ2v) is 12.6. The number of alkyl halides is 2. The first kappa shape index (κ1) is 29.9. The molecule has 0 radical (unpaired) electrons. The average Bonchev–Trinajstić information content (AvgIpc) is 3.84. The van der Waals surface area contributed by atoms with Crippen molar-refractivity contribution >= 4 is 29.4 Å². The van der Waals surface area contributed by atoms with Gasteiger partial charge >= 0.3 is 6.09 Å². The molecule has 3 fully saturated rings. The summed E-state index contributed by atoms with van der Waals surface area (Å²) in [5, 5.41) is 14.4. The number of anilines is 2. The molecule has 7 rings (SSSR count). The molecule has 3 saturated heterocycles. The maximum atomic E-state index is 14.9. The number of carbonyl (C=O) groups is 2. The van der Waals surface area contributed by atoms with E-state index < -0.39 is 29.6 Å². The molecular formula is C29H33F2N11O4. The Morgan fingerprint density at radius 1 is 1.13 bits per heavy atom. The summed E-state index contributed by atoms with van der Waals surface area (Å²) in [4.78, 5) is 44.9. The van der Waals surface area contributed by atoms with Gasteiger partial charge in [0.2, 0.25) is 11.5 Å². The number of amides is 2. The Bertz CT molecular complexity index is 1720. The highest BCUT2D eigenvalue weighted by Crippen LogP contribution is 2.42. The summed E-state index contributed by atoms with van der Waals surface area (Å²) in [6.45, 7) is 8.39. The monoisotopic (exact) mass is 637 g/mol. The van der Waals surface area contributed by atoms with Crippen molar-refractivity contribution in [2.45, 2.75) is 56.9 Å². The number of nitrogens with one attached hydrogen (secondary N) is 1. The third kappa shape index (κ3) is 5.27. The van der Waals surface area contributed by atoms with Crippen LogP contribution in [0.4, 0.5) is 25.3 Å². The molecule has 17 heteroatoms. The minimum Gasteiger partial charge on any atom is -0.444 e. The van der Waals surface area contributed by atoms with Crippen molar-refractivity contribution < 1.29 is 27.8 Å². The number of ether oxygens (including phenoxy) is 2. The van der Waals surface area contributed by atoms with Gasteiger partial charge in [-0.3, -0.25) is 4.79 Å². The molecule has 242 valence electrons. The summed E-state index contributed by atoms with van der Waals surface area (Å²) in [6, 6.07) is 2.04. The highest BCUT2D eigenvalue weighted by atomic mass is 19.3. The van der Waals surface area contributed by atoms with E-state index in [9.17, 15) is 18.4 Å². The summed E-state index contributed by atoms with van der Waals surface area (Å²) in [5.41, 5.74) is -2.80. The molecule has 0 aliphatic carbocycles. The molecule has 3 atom stereocenters. The van der Waals surface area contributed by atoms with Gasteiger partial charge in [0.25, 0.3) is 12.3 Å². The second-order valence-electron chi connectivity index (χ2n) is 12.6. The van der Waals surface area contributed by atoms with Crippen LogP contribution in [0, 0.1) is 0 Å². The van der Waals surface area contributed by atoms with Crippen molar-refractivity contribution in [2.75, 3.05) is 49.1 Å². The molecule has 1 N–H and O–H groups in total. The van der Waals surface area contributed by atoms with Gasteiger partial charge in [0, 0.05) is 56.9 Å². The number of aromatic nitrogens is 5. The van der Waals surface area contributed by atoms with E-state index in [2.05, 4.69) is 40.5 Å². The lowest BCUT2D eigenvalue weighted by atomic mass is 9.90. The molecule has 3 aromatic heterocycles. The van der Waals surface area contributed by atoms with Crippen molar-refractivity contribution in [3.63, 3.8) is 0 Å². The smallest absolute Gasteiger partial charge is 0.410 e. The van der Waals surface area contributed by atoms with Crippen LogP contribution in [0.2, 0.25) is 0 Å². The number of fused-ring (bicyclic) bond motifs is 3. The van der Waals surface area contributed by atoms with Crippen LogP contribution in [0.15, 0.2) is 53.0 Å². The van der Waals surface area contributed by atoms with Gasteiger partial charge in [0.1, 0.15) is 17.0 Å².